The van der Waals surface area contributed by atoms with Crippen molar-refractivity contribution in [2.24, 2.45) is 0 Å². The Bertz CT molecular complexity index is 226. The molecule has 0 aromatic carbocycles. The van der Waals surface area contributed by atoms with Crippen LogP contribution in [0.2, 0.25) is 0 Å². The molecule has 0 amide bonds. The van der Waals surface area contributed by atoms with Crippen molar-refractivity contribution in [2.75, 3.05) is 13.2 Å². The Kier molecular flexibility index (Phi) is 5.22. The average Bonchev–Trinajstić information content (AvgIpc) is 2.17. The molecule has 1 aliphatic rings. The summed E-state index contributed by atoms with van der Waals surface area (Å²) in [6, 6.07) is 0. The van der Waals surface area contributed by atoms with E-state index in [2.05, 4.69) is 12.2 Å². The first-order valence-corrected chi connectivity index (χ1v) is 6.20. The van der Waals surface area contributed by atoms with Crippen LogP contribution < -0.4 is 5.32 Å². The van der Waals surface area contributed by atoms with Crippen LogP contribution in [-0.2, 0) is 9.53 Å². The van der Waals surface area contributed by atoms with E-state index >= 15 is 0 Å². The second-order valence-corrected chi connectivity index (χ2v) is 4.62. The fourth-order valence-electron chi connectivity index (χ4n) is 2.57. The van der Waals surface area contributed by atoms with Gasteiger partial charge in [0.2, 0.25) is 0 Å². The fraction of sp³-hybridized carbons (Fsp3) is 0.917. The van der Waals surface area contributed by atoms with E-state index in [9.17, 15) is 4.79 Å². The van der Waals surface area contributed by atoms with E-state index in [0.717, 1.165) is 32.2 Å². The number of hydrogen-bond acceptors (Lipinski definition) is 3. The number of hydrogen-bond donors (Lipinski definition) is 2. The summed E-state index contributed by atoms with van der Waals surface area (Å²) in [5.41, 5.74) is -0.251. The Hall–Kier alpha value is -0.610. The molecule has 1 aliphatic heterocycles. The Morgan fingerprint density at radius 1 is 1.56 bits per heavy atom. The van der Waals surface area contributed by atoms with Crippen molar-refractivity contribution >= 4 is 5.97 Å². The molecule has 1 fully saturated rings. The highest BCUT2D eigenvalue weighted by molar-refractivity contribution is 5.68. The molecule has 0 aliphatic carbocycles. The monoisotopic (exact) mass is 229 g/mol. The maximum atomic E-state index is 10.9. The quantitative estimate of drug-likeness (QED) is 0.729. The van der Waals surface area contributed by atoms with Gasteiger partial charge < -0.3 is 15.2 Å². The van der Waals surface area contributed by atoms with Crippen molar-refractivity contribution < 1.29 is 14.6 Å². The second kappa shape index (κ2) is 6.21. The van der Waals surface area contributed by atoms with Crippen molar-refractivity contribution in [3.05, 3.63) is 0 Å². The van der Waals surface area contributed by atoms with Crippen LogP contribution in [0.4, 0.5) is 0 Å². The van der Waals surface area contributed by atoms with Crippen LogP contribution in [0.3, 0.4) is 0 Å². The van der Waals surface area contributed by atoms with Gasteiger partial charge in [-0.05, 0) is 25.8 Å². The third-order valence-electron chi connectivity index (χ3n) is 3.20. The largest absolute Gasteiger partial charge is 0.481 e. The number of rotatable bonds is 6. The highest BCUT2D eigenvalue weighted by Gasteiger charge is 2.37. The van der Waals surface area contributed by atoms with Crippen molar-refractivity contribution in [3.63, 3.8) is 0 Å². The molecule has 0 aromatic rings. The number of carbonyl (C=O) groups is 1. The van der Waals surface area contributed by atoms with Crippen LogP contribution in [0.15, 0.2) is 0 Å². The van der Waals surface area contributed by atoms with Gasteiger partial charge in [-0.25, -0.2) is 0 Å². The molecule has 0 aromatic heterocycles. The van der Waals surface area contributed by atoms with Crippen LogP contribution in [-0.4, -0.2) is 35.9 Å². The van der Waals surface area contributed by atoms with Crippen molar-refractivity contribution in [2.45, 2.75) is 57.6 Å². The smallest absolute Gasteiger partial charge is 0.305 e. The van der Waals surface area contributed by atoms with Gasteiger partial charge in [0, 0.05) is 12.1 Å². The molecule has 0 spiro atoms. The van der Waals surface area contributed by atoms with E-state index < -0.39 is 5.97 Å². The molecule has 4 heteroatoms. The lowest BCUT2D eigenvalue weighted by atomic mass is 9.82. The van der Waals surface area contributed by atoms with Gasteiger partial charge in [0.15, 0.2) is 0 Å². The minimum absolute atomic E-state index is 0.199. The summed E-state index contributed by atoms with van der Waals surface area (Å²) in [6.45, 7) is 5.63. The lowest BCUT2D eigenvalue weighted by Gasteiger charge is -2.40. The molecule has 16 heavy (non-hydrogen) atoms. The van der Waals surface area contributed by atoms with E-state index in [1.807, 2.05) is 6.92 Å². The average molecular weight is 229 g/mol. The highest BCUT2D eigenvalue weighted by atomic mass is 16.5. The first-order valence-electron chi connectivity index (χ1n) is 6.20. The zero-order valence-electron chi connectivity index (χ0n) is 10.3. The molecule has 4 nitrogen and oxygen atoms in total. The minimum Gasteiger partial charge on any atom is -0.481 e. The summed E-state index contributed by atoms with van der Waals surface area (Å²) in [4.78, 5) is 10.9. The standard InChI is InChI=1S/C12H23NO3/c1-3-5-10-8-12(13-4-2,6-7-16-10)9-11(14)15/h10,13H,3-9H2,1-2H3,(H,14,15). The van der Waals surface area contributed by atoms with E-state index in [1.165, 1.54) is 0 Å². The molecule has 2 atom stereocenters. The van der Waals surface area contributed by atoms with Gasteiger partial charge in [-0.3, -0.25) is 4.79 Å². The topological polar surface area (TPSA) is 58.6 Å². The summed E-state index contributed by atoms with van der Waals surface area (Å²) < 4.78 is 5.67. The molecule has 1 rings (SSSR count). The zero-order valence-corrected chi connectivity index (χ0v) is 10.3. The zero-order chi connectivity index (χ0) is 12.0. The molecular formula is C12H23NO3. The first kappa shape index (κ1) is 13.5. The van der Waals surface area contributed by atoms with E-state index in [4.69, 9.17) is 9.84 Å². The van der Waals surface area contributed by atoms with Crippen LogP contribution in [0.25, 0.3) is 0 Å². The summed E-state index contributed by atoms with van der Waals surface area (Å²) in [6.07, 6.45) is 4.14. The third-order valence-corrected chi connectivity index (χ3v) is 3.20. The predicted octanol–water partition coefficient (Wildman–Crippen LogP) is 1.79. The van der Waals surface area contributed by atoms with Crippen LogP contribution in [0, 0.1) is 0 Å². The number of carboxylic acid groups (broad SMARTS) is 1. The summed E-state index contributed by atoms with van der Waals surface area (Å²) in [7, 11) is 0. The number of nitrogens with one attached hydrogen (secondary N) is 1. The van der Waals surface area contributed by atoms with Crippen LogP contribution in [0.1, 0.15) is 46.0 Å². The molecular weight excluding hydrogens is 206 g/mol. The van der Waals surface area contributed by atoms with Gasteiger partial charge in [0.1, 0.15) is 0 Å². The van der Waals surface area contributed by atoms with Crippen molar-refractivity contribution in [3.8, 4) is 0 Å². The Balaban J connectivity index is 2.63. The van der Waals surface area contributed by atoms with Gasteiger partial charge in [-0.15, -0.1) is 0 Å². The third kappa shape index (κ3) is 3.76. The Morgan fingerprint density at radius 2 is 2.31 bits per heavy atom. The van der Waals surface area contributed by atoms with E-state index in [1.54, 1.807) is 0 Å². The molecule has 1 saturated heterocycles. The second-order valence-electron chi connectivity index (χ2n) is 4.62. The van der Waals surface area contributed by atoms with Gasteiger partial charge in [0.25, 0.3) is 0 Å². The van der Waals surface area contributed by atoms with Gasteiger partial charge >= 0.3 is 5.97 Å². The summed E-state index contributed by atoms with van der Waals surface area (Å²) >= 11 is 0. The lowest BCUT2D eigenvalue weighted by Crippen LogP contribution is -2.53. The van der Waals surface area contributed by atoms with E-state index in [-0.39, 0.29) is 18.1 Å². The Labute approximate surface area is 97.4 Å². The fourth-order valence-corrected chi connectivity index (χ4v) is 2.57. The SMILES string of the molecule is CCCC1CC(CC(=O)O)(NCC)CCO1. The molecule has 2 unspecified atom stereocenters. The summed E-state index contributed by atoms with van der Waals surface area (Å²) in [5.74, 6) is -0.724. The van der Waals surface area contributed by atoms with Crippen molar-refractivity contribution in [1.82, 2.24) is 5.32 Å². The maximum absolute atomic E-state index is 10.9. The Morgan fingerprint density at radius 3 is 2.88 bits per heavy atom. The first-order chi connectivity index (χ1) is 7.62. The van der Waals surface area contributed by atoms with Crippen LogP contribution >= 0.6 is 0 Å². The van der Waals surface area contributed by atoms with Crippen molar-refractivity contribution in [1.29, 1.82) is 0 Å². The maximum Gasteiger partial charge on any atom is 0.305 e. The van der Waals surface area contributed by atoms with E-state index in [0.29, 0.717) is 6.61 Å². The minimum atomic E-state index is -0.724. The van der Waals surface area contributed by atoms with Gasteiger partial charge in [0.05, 0.1) is 12.5 Å². The number of ether oxygens (including phenoxy) is 1. The molecule has 0 radical (unpaired) electrons. The highest BCUT2D eigenvalue weighted by Crippen LogP contribution is 2.30. The van der Waals surface area contributed by atoms with Crippen LogP contribution in [0.5, 0.6) is 0 Å². The predicted molar refractivity (Wildman–Crippen MR) is 62.5 cm³/mol. The van der Waals surface area contributed by atoms with Gasteiger partial charge in [-0.2, -0.15) is 0 Å². The molecule has 0 bridgehead atoms. The number of carboxylic acids is 1. The normalized spacial score (nSPS) is 30.2. The molecule has 94 valence electrons. The lowest BCUT2D eigenvalue weighted by molar-refractivity contribution is -0.140. The molecule has 0 saturated carbocycles. The summed E-state index contributed by atoms with van der Waals surface area (Å²) in [5, 5.41) is 12.3. The molecule has 1 heterocycles. The molecule has 2 N–H and O–H groups in total. The van der Waals surface area contributed by atoms with Gasteiger partial charge in [-0.1, -0.05) is 20.3 Å². The number of aliphatic carboxylic acids is 1.